The summed E-state index contributed by atoms with van der Waals surface area (Å²) in [6, 6.07) is 3.07. The van der Waals surface area contributed by atoms with Crippen LogP contribution in [0.15, 0.2) is 12.1 Å². The quantitative estimate of drug-likeness (QED) is 0.555. The molecule has 0 spiro atoms. The van der Waals surface area contributed by atoms with E-state index in [1.165, 1.54) is 6.07 Å². The fraction of sp³-hybridized carbons (Fsp3) is 0.500. The maximum atomic E-state index is 9.70. The van der Waals surface area contributed by atoms with Crippen LogP contribution in [0.2, 0.25) is 0 Å². The topological polar surface area (TPSA) is 99.6 Å². The molecule has 0 bridgehead atoms. The fourth-order valence-corrected chi connectivity index (χ4v) is 1.30. The third-order valence-electron chi connectivity index (χ3n) is 2.15. The predicted octanol–water partition coefficient (Wildman–Crippen LogP) is -0.161. The molecule has 0 saturated heterocycles. The van der Waals surface area contributed by atoms with Gasteiger partial charge < -0.3 is 21.1 Å². The van der Waals surface area contributed by atoms with Gasteiger partial charge in [0.05, 0.1) is 6.10 Å². The summed E-state index contributed by atoms with van der Waals surface area (Å²) in [6.07, 6.45) is -1.94. The molecule has 15 heavy (non-hydrogen) atoms. The van der Waals surface area contributed by atoms with E-state index >= 15 is 0 Å². The zero-order chi connectivity index (χ0) is 11.4. The van der Waals surface area contributed by atoms with E-state index in [1.807, 2.05) is 0 Å². The van der Waals surface area contributed by atoms with E-state index < -0.39 is 12.2 Å². The molecule has 2 unspecified atom stereocenters. The third kappa shape index (κ3) is 2.89. The monoisotopic (exact) mass is 212 g/mol. The van der Waals surface area contributed by atoms with E-state index in [-0.39, 0.29) is 24.4 Å². The number of aromatic nitrogens is 1. The molecule has 0 aromatic carbocycles. The van der Waals surface area contributed by atoms with Gasteiger partial charge in [0.25, 0.3) is 0 Å². The molecule has 1 rings (SSSR count). The van der Waals surface area contributed by atoms with Crippen molar-refractivity contribution < 1.29 is 15.3 Å². The summed E-state index contributed by atoms with van der Waals surface area (Å²) in [4.78, 5) is 3.98. The number of pyridine rings is 1. The van der Waals surface area contributed by atoms with Crippen LogP contribution in [0.5, 0.6) is 5.75 Å². The van der Waals surface area contributed by atoms with Crippen LogP contribution >= 0.6 is 0 Å². The lowest BCUT2D eigenvalue weighted by Crippen LogP contribution is -2.22. The van der Waals surface area contributed by atoms with Gasteiger partial charge in [0.15, 0.2) is 0 Å². The Kier molecular flexibility index (Phi) is 4.02. The molecule has 1 aromatic heterocycles. The Morgan fingerprint density at radius 2 is 2.07 bits per heavy atom. The zero-order valence-corrected chi connectivity index (χ0v) is 8.59. The summed E-state index contributed by atoms with van der Waals surface area (Å²) >= 11 is 0. The van der Waals surface area contributed by atoms with Crippen molar-refractivity contribution in [3.05, 3.63) is 23.5 Å². The maximum Gasteiger partial charge on any atom is 0.139 e. The van der Waals surface area contributed by atoms with Crippen molar-refractivity contribution in [2.45, 2.75) is 25.6 Å². The van der Waals surface area contributed by atoms with Crippen molar-refractivity contribution in [2.24, 2.45) is 5.73 Å². The van der Waals surface area contributed by atoms with E-state index in [4.69, 9.17) is 5.73 Å². The van der Waals surface area contributed by atoms with E-state index in [0.29, 0.717) is 5.69 Å². The van der Waals surface area contributed by atoms with E-state index in [2.05, 4.69) is 4.98 Å². The van der Waals surface area contributed by atoms with Gasteiger partial charge in [-0.05, 0) is 32.0 Å². The highest BCUT2D eigenvalue weighted by molar-refractivity contribution is 5.29. The minimum absolute atomic E-state index is 0.0935. The molecule has 5 heteroatoms. The van der Waals surface area contributed by atoms with Crippen LogP contribution in [-0.2, 0) is 0 Å². The van der Waals surface area contributed by atoms with Crippen LogP contribution in [0.25, 0.3) is 0 Å². The number of aryl methyl sites for hydroxylation is 1. The lowest BCUT2D eigenvalue weighted by molar-refractivity contribution is 0.0110. The van der Waals surface area contributed by atoms with Crippen LogP contribution in [0.4, 0.5) is 0 Å². The summed E-state index contributed by atoms with van der Waals surface area (Å²) in [7, 11) is 0. The van der Waals surface area contributed by atoms with Crippen molar-refractivity contribution in [3.63, 3.8) is 0 Å². The van der Waals surface area contributed by atoms with Gasteiger partial charge in [-0.2, -0.15) is 0 Å². The first kappa shape index (κ1) is 11.9. The summed E-state index contributed by atoms with van der Waals surface area (Å²) < 4.78 is 0. The molecule has 84 valence electrons. The zero-order valence-electron chi connectivity index (χ0n) is 8.59. The molecule has 5 nitrogen and oxygen atoms in total. The fourth-order valence-electron chi connectivity index (χ4n) is 1.30. The van der Waals surface area contributed by atoms with Crippen LogP contribution in [0.3, 0.4) is 0 Å². The average molecular weight is 212 g/mol. The second-order valence-corrected chi connectivity index (χ2v) is 3.45. The molecular weight excluding hydrogens is 196 g/mol. The second-order valence-electron chi connectivity index (χ2n) is 3.45. The van der Waals surface area contributed by atoms with Gasteiger partial charge in [-0.15, -0.1) is 0 Å². The molecule has 0 radical (unpaired) electrons. The van der Waals surface area contributed by atoms with E-state index in [9.17, 15) is 15.3 Å². The summed E-state index contributed by atoms with van der Waals surface area (Å²) in [5, 5.41) is 28.7. The highest BCUT2D eigenvalue weighted by Crippen LogP contribution is 2.25. The molecule has 0 aliphatic rings. The Balaban J connectivity index is 2.89. The molecule has 0 aliphatic carbocycles. The summed E-state index contributed by atoms with van der Waals surface area (Å²) in [5.41, 5.74) is 6.02. The van der Waals surface area contributed by atoms with Crippen molar-refractivity contribution >= 4 is 0 Å². The molecule has 5 N–H and O–H groups in total. The third-order valence-corrected chi connectivity index (χ3v) is 2.15. The largest absolute Gasteiger partial charge is 0.506 e. The summed E-state index contributed by atoms with van der Waals surface area (Å²) in [5.74, 6) is -0.121. The first-order chi connectivity index (χ1) is 7.06. The van der Waals surface area contributed by atoms with Gasteiger partial charge in [-0.25, -0.2) is 0 Å². The molecule has 0 saturated carbocycles. The van der Waals surface area contributed by atoms with Gasteiger partial charge in [0.2, 0.25) is 0 Å². The number of aliphatic hydroxyl groups excluding tert-OH is 2. The molecule has 0 aliphatic heterocycles. The molecule has 0 fully saturated rings. The molecule has 2 atom stereocenters. The lowest BCUT2D eigenvalue weighted by Gasteiger charge is -2.17. The Morgan fingerprint density at radius 3 is 2.67 bits per heavy atom. The Labute approximate surface area is 88.2 Å². The lowest BCUT2D eigenvalue weighted by atomic mass is 10.1. The van der Waals surface area contributed by atoms with E-state index in [0.717, 1.165) is 0 Å². The normalized spacial score (nSPS) is 14.9. The summed E-state index contributed by atoms with van der Waals surface area (Å²) in [6.45, 7) is 2.01. The molecular formula is C10H16N2O3. The van der Waals surface area contributed by atoms with Crippen molar-refractivity contribution in [1.82, 2.24) is 4.98 Å². The number of hydrogen-bond donors (Lipinski definition) is 4. The SMILES string of the molecule is Cc1ccc(O)c(C(O)C(O)CCN)n1. The van der Waals surface area contributed by atoms with Crippen molar-refractivity contribution in [3.8, 4) is 5.75 Å². The van der Waals surface area contributed by atoms with Crippen LogP contribution in [0.1, 0.15) is 23.9 Å². The van der Waals surface area contributed by atoms with Crippen LogP contribution < -0.4 is 5.73 Å². The number of hydrogen-bond acceptors (Lipinski definition) is 5. The standard InChI is InChI=1S/C10H16N2O3/c1-6-2-3-7(13)9(12-6)10(15)8(14)4-5-11/h2-3,8,10,13-15H,4-5,11H2,1H3. The average Bonchev–Trinajstić information content (AvgIpc) is 2.21. The first-order valence-corrected chi connectivity index (χ1v) is 4.79. The first-order valence-electron chi connectivity index (χ1n) is 4.79. The predicted molar refractivity (Wildman–Crippen MR) is 55.3 cm³/mol. The maximum absolute atomic E-state index is 9.70. The number of rotatable bonds is 4. The smallest absolute Gasteiger partial charge is 0.139 e. The number of nitrogens with two attached hydrogens (primary N) is 1. The Bertz CT molecular complexity index is 330. The van der Waals surface area contributed by atoms with Gasteiger partial charge in [0.1, 0.15) is 17.5 Å². The van der Waals surface area contributed by atoms with Gasteiger partial charge in [0, 0.05) is 5.69 Å². The Hall–Kier alpha value is -1.17. The molecule has 1 heterocycles. The Morgan fingerprint density at radius 1 is 1.40 bits per heavy atom. The van der Waals surface area contributed by atoms with Gasteiger partial charge in [-0.1, -0.05) is 0 Å². The number of aromatic hydroxyl groups is 1. The van der Waals surface area contributed by atoms with E-state index in [1.54, 1.807) is 13.0 Å². The van der Waals surface area contributed by atoms with Crippen molar-refractivity contribution in [1.29, 1.82) is 0 Å². The second kappa shape index (κ2) is 5.06. The highest BCUT2D eigenvalue weighted by atomic mass is 16.3. The van der Waals surface area contributed by atoms with Gasteiger partial charge in [-0.3, -0.25) is 4.98 Å². The number of nitrogens with zero attached hydrogens (tertiary/aromatic N) is 1. The van der Waals surface area contributed by atoms with Crippen LogP contribution in [-0.4, -0.2) is 33.0 Å². The molecule has 1 aromatic rings. The van der Waals surface area contributed by atoms with Crippen LogP contribution in [0, 0.1) is 6.92 Å². The minimum Gasteiger partial charge on any atom is -0.506 e. The molecule has 0 amide bonds. The van der Waals surface area contributed by atoms with Gasteiger partial charge >= 0.3 is 0 Å². The minimum atomic E-state index is -1.20. The number of aliphatic hydroxyl groups is 2. The van der Waals surface area contributed by atoms with Crippen molar-refractivity contribution in [2.75, 3.05) is 6.54 Å². The highest BCUT2D eigenvalue weighted by Gasteiger charge is 2.22.